The molecule has 1 rings (SSSR count). The van der Waals surface area contributed by atoms with E-state index >= 15 is 0 Å². The summed E-state index contributed by atoms with van der Waals surface area (Å²) in [6, 6.07) is 0. The average molecular weight is 587 g/mol. The van der Waals surface area contributed by atoms with E-state index in [2.05, 4.69) is 98.8 Å². The van der Waals surface area contributed by atoms with Gasteiger partial charge in [0.1, 0.15) is 0 Å². The molecule has 0 spiro atoms. The van der Waals surface area contributed by atoms with Crippen LogP contribution in [0.2, 0.25) is 91.3 Å². The Morgan fingerprint density at radius 3 is 1.04 bits per heavy atom. The fourth-order valence-corrected chi connectivity index (χ4v) is 145. The second-order valence-electron chi connectivity index (χ2n) is 13.1. The van der Waals surface area contributed by atoms with Gasteiger partial charge in [-0.2, -0.15) is 0 Å². The molecule has 0 aliphatic heterocycles. The van der Waals surface area contributed by atoms with Crippen LogP contribution in [0.25, 0.3) is 0 Å². The second kappa shape index (κ2) is 8.11. The van der Waals surface area contributed by atoms with Gasteiger partial charge in [-0.05, 0) is 0 Å². The molecule has 1 aliphatic rings. The number of halogens is 1. The summed E-state index contributed by atoms with van der Waals surface area (Å²) in [4.78, 5) is 0. The fourth-order valence-electron chi connectivity index (χ4n) is 7.26. The van der Waals surface area contributed by atoms with Crippen molar-refractivity contribution in [3.8, 4) is 0 Å². The van der Waals surface area contributed by atoms with E-state index < -0.39 is 42.3 Å². The maximum atomic E-state index is 3.33. The molecule has 0 unspecified atom stereocenters. The third-order valence-electron chi connectivity index (χ3n) is 6.33. The van der Waals surface area contributed by atoms with Crippen molar-refractivity contribution in [2.75, 3.05) is 0 Å². The Morgan fingerprint density at radius 2 is 0.840 bits per heavy atom. The summed E-state index contributed by atoms with van der Waals surface area (Å²) in [5.41, 5.74) is 0. The third kappa shape index (κ3) is 5.82. The molecule has 0 aromatic carbocycles. The maximum absolute atomic E-state index is 3.33. The fraction of sp³-hybridized carbons (Fsp3) is 1.00. The van der Waals surface area contributed by atoms with Gasteiger partial charge in [-0.3, -0.25) is 0 Å². The Hall–Kier alpha value is 2.14. The Bertz CT molecular complexity index is 388. The molecule has 1 saturated carbocycles. The van der Waals surface area contributed by atoms with Crippen LogP contribution in [-0.2, 0) is 0 Å². The van der Waals surface area contributed by atoms with E-state index in [9.17, 15) is 0 Å². The van der Waals surface area contributed by atoms with Crippen LogP contribution < -0.4 is 0 Å². The molecule has 0 aromatic rings. The predicted octanol–water partition coefficient (Wildman–Crippen LogP) is 8.56. The van der Waals surface area contributed by atoms with E-state index in [-0.39, 0.29) is 0 Å². The van der Waals surface area contributed by atoms with Gasteiger partial charge >= 0.3 is 179 Å². The molecule has 150 valence electrons. The van der Waals surface area contributed by atoms with Gasteiger partial charge in [-0.15, -0.1) is 0 Å². The minimum absolute atomic E-state index is 1.16. The van der Waals surface area contributed by atoms with Gasteiger partial charge in [0, 0.05) is 0 Å². The van der Waals surface area contributed by atoms with Gasteiger partial charge in [0.2, 0.25) is 0 Å². The first kappa shape index (κ1) is 25.2. The summed E-state index contributed by atoms with van der Waals surface area (Å²) < 4.78 is 3.60. The van der Waals surface area contributed by atoms with Crippen LogP contribution in [0.4, 0.5) is 0 Å². The molecular weight excluding hydrogens is 540 g/mol. The third-order valence-corrected chi connectivity index (χ3v) is 86.2. The molecule has 0 bridgehead atoms. The molecule has 0 N–H and O–H groups in total. The van der Waals surface area contributed by atoms with Crippen molar-refractivity contribution in [3.63, 3.8) is 0 Å². The SMILES string of the molecule is C[Si](C)(C)[CH]([Si](C)(C)C)[Ge]([I])([CH]1CCCC1)[CH]([Si](C)(C)C)[Si](C)(C)C. The summed E-state index contributed by atoms with van der Waals surface area (Å²) in [7, 11) is -6.74. The van der Waals surface area contributed by atoms with Crippen LogP contribution in [0.5, 0.6) is 0 Å². The summed E-state index contributed by atoms with van der Waals surface area (Å²) >= 11 is 3.33. The Balaban J connectivity index is 3.74. The van der Waals surface area contributed by atoms with E-state index in [4.69, 9.17) is 0 Å². The van der Waals surface area contributed by atoms with Crippen molar-refractivity contribution in [1.29, 1.82) is 0 Å². The van der Waals surface area contributed by atoms with Gasteiger partial charge in [0.25, 0.3) is 0 Å². The van der Waals surface area contributed by atoms with Crippen molar-refractivity contribution in [1.82, 2.24) is 0 Å². The normalized spacial score (nSPS) is 19.3. The first-order valence-corrected chi connectivity index (χ1v) is 34.9. The first-order valence-electron chi connectivity index (χ1n) is 10.5. The van der Waals surface area contributed by atoms with Crippen LogP contribution in [0.1, 0.15) is 25.7 Å². The van der Waals surface area contributed by atoms with Crippen molar-refractivity contribution in [3.05, 3.63) is 0 Å². The molecular formula is C19H47GeISi4. The van der Waals surface area contributed by atoms with E-state index in [1.165, 1.54) is 25.6 Å². The van der Waals surface area contributed by atoms with Crippen LogP contribution >= 0.6 is 20.2 Å². The van der Waals surface area contributed by atoms with Crippen molar-refractivity contribution in [2.24, 2.45) is 0 Å². The minimum atomic E-state index is -2.09. The number of rotatable bonds is 7. The standard InChI is InChI=1S/C19H47GeISi4/c1-22(2,3)18(23(4,5)6)20(21,17-15-13-14-16-17)19(24(7,8)9)25(10,11)12/h17-19H,13-16H2,1-12H3. The molecule has 0 radical (unpaired) electrons. The Labute approximate surface area is 178 Å². The zero-order valence-corrected chi connectivity index (χ0v) is 27.7. The second-order valence-corrected chi connectivity index (χ2v) is 57.7. The topological polar surface area (TPSA) is 0 Å². The van der Waals surface area contributed by atoms with Crippen LogP contribution in [0.3, 0.4) is 0 Å². The van der Waals surface area contributed by atoms with Gasteiger partial charge in [0.15, 0.2) is 0 Å². The van der Waals surface area contributed by atoms with Crippen molar-refractivity contribution >= 4 is 62.5 Å². The molecule has 1 aliphatic carbocycles. The summed E-state index contributed by atoms with van der Waals surface area (Å²) in [5.74, 6) is 0. The quantitative estimate of drug-likeness (QED) is 0.207. The van der Waals surface area contributed by atoms with E-state index in [0.717, 1.165) is 0 Å². The molecule has 0 nitrogen and oxygen atoms in total. The van der Waals surface area contributed by atoms with E-state index in [1.54, 1.807) is 12.8 Å². The molecule has 6 heteroatoms. The van der Waals surface area contributed by atoms with E-state index in [1.807, 2.05) is 0 Å². The molecule has 0 aromatic heterocycles. The van der Waals surface area contributed by atoms with Gasteiger partial charge < -0.3 is 0 Å². The zero-order chi connectivity index (χ0) is 20.1. The summed E-state index contributed by atoms with van der Waals surface area (Å²) in [5, 5.41) is 0. The molecule has 0 saturated heterocycles. The van der Waals surface area contributed by atoms with E-state index in [0.29, 0.717) is 0 Å². The Kier molecular flexibility index (Phi) is 8.17. The van der Waals surface area contributed by atoms with Gasteiger partial charge in [-0.1, -0.05) is 0 Å². The number of hydrogen-bond acceptors (Lipinski definition) is 0. The molecule has 1 fully saturated rings. The average Bonchev–Trinajstić information content (AvgIpc) is 2.71. The summed E-state index contributed by atoms with van der Waals surface area (Å²) in [6.07, 6.45) is 6.27. The first-order chi connectivity index (χ1) is 10.8. The van der Waals surface area contributed by atoms with Gasteiger partial charge in [0.05, 0.1) is 0 Å². The van der Waals surface area contributed by atoms with Crippen LogP contribution in [-0.4, -0.2) is 42.3 Å². The summed E-state index contributed by atoms with van der Waals surface area (Å²) in [6.45, 7) is 32.9. The molecule has 0 amide bonds. The number of hydrogen-bond donors (Lipinski definition) is 0. The van der Waals surface area contributed by atoms with Gasteiger partial charge in [-0.25, -0.2) is 0 Å². The van der Waals surface area contributed by atoms with Crippen LogP contribution in [0.15, 0.2) is 0 Å². The van der Waals surface area contributed by atoms with Crippen molar-refractivity contribution < 1.29 is 0 Å². The van der Waals surface area contributed by atoms with Crippen LogP contribution in [0, 0.1) is 0 Å². The predicted molar refractivity (Wildman–Crippen MR) is 143 cm³/mol. The molecule has 25 heavy (non-hydrogen) atoms. The zero-order valence-electron chi connectivity index (χ0n) is 19.4. The monoisotopic (exact) mass is 588 g/mol. The Morgan fingerprint density at radius 1 is 0.600 bits per heavy atom. The molecule has 0 heterocycles. The molecule has 0 atom stereocenters. The van der Waals surface area contributed by atoms with Crippen molar-refractivity contribution in [2.45, 2.75) is 117 Å².